The van der Waals surface area contributed by atoms with Crippen molar-refractivity contribution in [2.24, 2.45) is 5.84 Å². The van der Waals surface area contributed by atoms with Gasteiger partial charge in [-0.05, 0) is 18.1 Å². The molecule has 0 aliphatic heterocycles. The summed E-state index contributed by atoms with van der Waals surface area (Å²) in [4.78, 5) is 4.02. The zero-order chi connectivity index (χ0) is 13.6. The maximum absolute atomic E-state index is 11.3. The molecule has 6 nitrogen and oxygen atoms in total. The van der Waals surface area contributed by atoms with Crippen LogP contribution in [0.3, 0.4) is 0 Å². The number of pyridine rings is 1. The van der Waals surface area contributed by atoms with Crippen molar-refractivity contribution in [3.8, 4) is 5.75 Å². The zero-order valence-electron chi connectivity index (χ0n) is 10.6. The monoisotopic (exact) mass is 273 g/mol. The molecule has 1 rings (SSSR count). The number of sulfone groups is 1. The van der Waals surface area contributed by atoms with Gasteiger partial charge in [0.15, 0.2) is 0 Å². The second kappa shape index (κ2) is 6.67. The normalized spacial score (nSPS) is 13.3. The molecule has 0 aliphatic carbocycles. The van der Waals surface area contributed by atoms with E-state index in [0.717, 1.165) is 6.42 Å². The highest BCUT2D eigenvalue weighted by Gasteiger charge is 2.16. The first-order valence-corrected chi connectivity index (χ1v) is 7.74. The Bertz CT molecular complexity index is 476. The average Bonchev–Trinajstić information content (AvgIpc) is 2.32. The third kappa shape index (κ3) is 4.99. The maximum Gasteiger partial charge on any atom is 0.149 e. The molecule has 1 unspecified atom stereocenters. The van der Waals surface area contributed by atoms with E-state index < -0.39 is 15.9 Å². The molecule has 18 heavy (non-hydrogen) atoms. The Balaban J connectivity index is 2.85. The Morgan fingerprint density at radius 1 is 1.50 bits per heavy atom. The Kier molecular flexibility index (Phi) is 5.52. The van der Waals surface area contributed by atoms with Crippen LogP contribution in [0.5, 0.6) is 5.75 Å². The van der Waals surface area contributed by atoms with Crippen LogP contribution >= 0.6 is 0 Å². The van der Waals surface area contributed by atoms with Crippen LogP contribution in [-0.4, -0.2) is 32.0 Å². The predicted molar refractivity (Wildman–Crippen MR) is 69.8 cm³/mol. The van der Waals surface area contributed by atoms with Gasteiger partial charge < -0.3 is 4.74 Å². The van der Waals surface area contributed by atoms with E-state index >= 15 is 0 Å². The van der Waals surface area contributed by atoms with Gasteiger partial charge in [-0.15, -0.1) is 0 Å². The van der Waals surface area contributed by atoms with Gasteiger partial charge in [0.05, 0.1) is 24.6 Å². The highest BCUT2D eigenvalue weighted by atomic mass is 32.2. The van der Waals surface area contributed by atoms with Crippen LogP contribution in [-0.2, 0) is 9.84 Å². The van der Waals surface area contributed by atoms with Crippen molar-refractivity contribution in [3.63, 3.8) is 0 Å². The van der Waals surface area contributed by atoms with Gasteiger partial charge in [0.1, 0.15) is 15.6 Å². The van der Waals surface area contributed by atoms with Crippen molar-refractivity contribution >= 4 is 9.84 Å². The van der Waals surface area contributed by atoms with Crippen LogP contribution in [0, 0.1) is 0 Å². The molecule has 1 aromatic heterocycles. The SMILES string of the molecule is CCCOc1cncc(C(CS(C)(=O)=O)NN)c1. The number of nitrogens with two attached hydrogens (primary N) is 1. The van der Waals surface area contributed by atoms with Gasteiger partial charge in [0.2, 0.25) is 0 Å². The van der Waals surface area contributed by atoms with E-state index in [-0.39, 0.29) is 5.75 Å². The molecule has 0 aliphatic rings. The first-order valence-electron chi connectivity index (χ1n) is 5.68. The van der Waals surface area contributed by atoms with Crippen LogP contribution in [0.4, 0.5) is 0 Å². The van der Waals surface area contributed by atoms with Crippen molar-refractivity contribution in [2.75, 3.05) is 18.6 Å². The number of hydrogen-bond acceptors (Lipinski definition) is 6. The highest BCUT2D eigenvalue weighted by molar-refractivity contribution is 7.90. The van der Waals surface area contributed by atoms with Gasteiger partial charge in [-0.2, -0.15) is 0 Å². The second-order valence-electron chi connectivity index (χ2n) is 4.11. The van der Waals surface area contributed by atoms with Gasteiger partial charge in [0, 0.05) is 12.5 Å². The first-order chi connectivity index (χ1) is 8.46. The lowest BCUT2D eigenvalue weighted by atomic mass is 10.1. The Hall–Kier alpha value is -1.18. The summed E-state index contributed by atoms with van der Waals surface area (Å²) in [5, 5.41) is 0. The van der Waals surface area contributed by atoms with Gasteiger partial charge in [-0.1, -0.05) is 6.92 Å². The largest absolute Gasteiger partial charge is 0.492 e. The fourth-order valence-electron chi connectivity index (χ4n) is 1.47. The summed E-state index contributed by atoms with van der Waals surface area (Å²) >= 11 is 0. The molecule has 0 bridgehead atoms. The molecule has 0 saturated carbocycles. The molecule has 1 aromatic rings. The van der Waals surface area contributed by atoms with Crippen LogP contribution in [0.2, 0.25) is 0 Å². The number of rotatable bonds is 7. The van der Waals surface area contributed by atoms with E-state index in [1.54, 1.807) is 18.5 Å². The van der Waals surface area contributed by atoms with Crippen LogP contribution in [0.25, 0.3) is 0 Å². The fourth-order valence-corrected chi connectivity index (χ4v) is 2.36. The number of hydrazine groups is 1. The molecule has 102 valence electrons. The molecule has 1 atom stereocenters. The number of ether oxygens (including phenoxy) is 1. The Morgan fingerprint density at radius 2 is 2.22 bits per heavy atom. The summed E-state index contributed by atoms with van der Waals surface area (Å²) in [6, 6.07) is 1.26. The van der Waals surface area contributed by atoms with E-state index in [2.05, 4.69) is 10.4 Å². The summed E-state index contributed by atoms with van der Waals surface area (Å²) in [6.45, 7) is 2.60. The zero-order valence-corrected chi connectivity index (χ0v) is 11.4. The van der Waals surface area contributed by atoms with Crippen LogP contribution in [0.15, 0.2) is 18.5 Å². The van der Waals surface area contributed by atoms with E-state index in [9.17, 15) is 8.42 Å². The molecular weight excluding hydrogens is 254 g/mol. The molecule has 0 aromatic carbocycles. The number of aromatic nitrogens is 1. The van der Waals surface area contributed by atoms with Crippen LogP contribution in [0.1, 0.15) is 24.9 Å². The lowest BCUT2D eigenvalue weighted by Gasteiger charge is -2.15. The summed E-state index contributed by atoms with van der Waals surface area (Å²) in [6.07, 6.45) is 5.23. The Morgan fingerprint density at radius 3 is 2.78 bits per heavy atom. The van der Waals surface area contributed by atoms with Crippen molar-refractivity contribution in [3.05, 3.63) is 24.0 Å². The van der Waals surface area contributed by atoms with Crippen LogP contribution < -0.4 is 16.0 Å². The molecule has 0 fully saturated rings. The molecule has 0 spiro atoms. The second-order valence-corrected chi connectivity index (χ2v) is 6.30. The predicted octanol–water partition coefficient (Wildman–Crippen LogP) is 0.419. The fraction of sp³-hybridized carbons (Fsp3) is 0.545. The average molecular weight is 273 g/mol. The summed E-state index contributed by atoms with van der Waals surface area (Å²) in [5.74, 6) is 5.91. The number of hydrogen-bond donors (Lipinski definition) is 2. The van der Waals surface area contributed by atoms with E-state index in [0.29, 0.717) is 17.9 Å². The lowest BCUT2D eigenvalue weighted by molar-refractivity contribution is 0.315. The molecule has 0 saturated heterocycles. The molecule has 3 N–H and O–H groups in total. The van der Waals surface area contributed by atoms with Crippen molar-refractivity contribution in [1.82, 2.24) is 10.4 Å². The minimum Gasteiger partial charge on any atom is -0.492 e. The molecule has 0 radical (unpaired) electrons. The van der Waals surface area contributed by atoms with Crippen molar-refractivity contribution < 1.29 is 13.2 Å². The topological polar surface area (TPSA) is 94.3 Å². The van der Waals surface area contributed by atoms with E-state index in [1.165, 1.54) is 6.26 Å². The molecule has 1 heterocycles. The Labute approximate surface area is 107 Å². The molecular formula is C11H19N3O3S. The van der Waals surface area contributed by atoms with Gasteiger partial charge >= 0.3 is 0 Å². The highest BCUT2D eigenvalue weighted by Crippen LogP contribution is 2.18. The first kappa shape index (κ1) is 14.9. The van der Waals surface area contributed by atoms with E-state index in [1.807, 2.05) is 6.92 Å². The number of nitrogens with one attached hydrogen (secondary N) is 1. The summed E-state index contributed by atoms with van der Waals surface area (Å²) in [7, 11) is -3.12. The van der Waals surface area contributed by atoms with E-state index in [4.69, 9.17) is 10.6 Å². The summed E-state index contributed by atoms with van der Waals surface area (Å²) in [5.41, 5.74) is 3.17. The smallest absolute Gasteiger partial charge is 0.149 e. The lowest BCUT2D eigenvalue weighted by Crippen LogP contribution is -2.33. The van der Waals surface area contributed by atoms with Gasteiger partial charge in [0.25, 0.3) is 0 Å². The maximum atomic E-state index is 11.3. The standard InChI is InChI=1S/C11H19N3O3S/c1-3-4-17-10-5-9(6-13-7-10)11(14-12)8-18(2,15)16/h5-7,11,14H,3-4,8,12H2,1-2H3. The number of nitrogens with zero attached hydrogens (tertiary/aromatic N) is 1. The minimum atomic E-state index is -3.12. The van der Waals surface area contributed by atoms with Gasteiger partial charge in [-0.3, -0.25) is 16.3 Å². The molecule has 7 heteroatoms. The molecule has 0 amide bonds. The third-order valence-corrected chi connectivity index (χ3v) is 3.22. The third-order valence-electron chi connectivity index (χ3n) is 2.28. The van der Waals surface area contributed by atoms with Gasteiger partial charge in [-0.25, -0.2) is 8.42 Å². The van der Waals surface area contributed by atoms with Crippen molar-refractivity contribution in [1.29, 1.82) is 0 Å². The minimum absolute atomic E-state index is 0.0809. The summed E-state index contributed by atoms with van der Waals surface area (Å²) < 4.78 is 28.0. The quantitative estimate of drug-likeness (QED) is 0.552. The van der Waals surface area contributed by atoms with Crippen molar-refractivity contribution in [2.45, 2.75) is 19.4 Å².